The Balaban J connectivity index is 2.74. The fourth-order valence-corrected chi connectivity index (χ4v) is 1.55. The van der Waals surface area contributed by atoms with Gasteiger partial charge >= 0.3 is 11.7 Å². The molecule has 6 nitrogen and oxygen atoms in total. The lowest BCUT2D eigenvalue weighted by atomic mass is 10.2. The molecule has 0 aliphatic heterocycles. The molecule has 0 spiro atoms. The molecule has 0 amide bonds. The third-order valence-electron chi connectivity index (χ3n) is 2.50. The molecule has 0 aromatic carbocycles. The number of carboxylic acids is 1. The molecule has 1 aromatic heterocycles. The molecule has 1 rings (SSSR count). The van der Waals surface area contributed by atoms with Crippen molar-refractivity contribution in [1.82, 2.24) is 9.13 Å². The van der Waals surface area contributed by atoms with Crippen molar-refractivity contribution in [2.24, 2.45) is 0 Å². The van der Waals surface area contributed by atoms with Gasteiger partial charge in [0.1, 0.15) is 0 Å². The summed E-state index contributed by atoms with van der Waals surface area (Å²) in [6.07, 6.45) is 2.50. The fourth-order valence-electron chi connectivity index (χ4n) is 1.55. The number of hydrogen-bond donors (Lipinski definition) is 1. The van der Waals surface area contributed by atoms with Crippen LogP contribution in [-0.2, 0) is 17.9 Å². The smallest absolute Gasteiger partial charge is 0.330 e. The molecule has 6 heteroatoms. The van der Waals surface area contributed by atoms with E-state index in [9.17, 15) is 14.4 Å². The summed E-state index contributed by atoms with van der Waals surface area (Å²) >= 11 is 0. The predicted octanol–water partition coefficient (Wildman–Crippen LogP) is 0.285. The molecule has 17 heavy (non-hydrogen) atoms. The summed E-state index contributed by atoms with van der Waals surface area (Å²) < 4.78 is 2.59. The number of aromatic nitrogens is 2. The van der Waals surface area contributed by atoms with Crippen LogP contribution in [0.2, 0.25) is 0 Å². The molecule has 0 saturated heterocycles. The van der Waals surface area contributed by atoms with E-state index in [1.807, 2.05) is 6.92 Å². The minimum Gasteiger partial charge on any atom is -0.481 e. The molecule has 0 bridgehead atoms. The van der Waals surface area contributed by atoms with Gasteiger partial charge in [-0.15, -0.1) is 0 Å². The van der Waals surface area contributed by atoms with Gasteiger partial charge in [0.15, 0.2) is 0 Å². The minimum atomic E-state index is -0.864. The third-order valence-corrected chi connectivity index (χ3v) is 2.50. The van der Waals surface area contributed by atoms with Crippen molar-refractivity contribution in [1.29, 1.82) is 0 Å². The normalized spacial score (nSPS) is 10.4. The lowest BCUT2D eigenvalue weighted by molar-refractivity contribution is -0.137. The van der Waals surface area contributed by atoms with Crippen LogP contribution in [-0.4, -0.2) is 20.2 Å². The molecule has 1 aromatic rings. The standard InChI is InChI=1S/C11H16N2O4/c1-2-12-8-6-9(14)13(11(12)17)7-4-3-5-10(15)16/h6,8H,2-5,7H2,1H3,(H,15,16). The van der Waals surface area contributed by atoms with E-state index in [4.69, 9.17) is 5.11 Å². The Morgan fingerprint density at radius 1 is 1.35 bits per heavy atom. The molecular weight excluding hydrogens is 224 g/mol. The summed E-state index contributed by atoms with van der Waals surface area (Å²) in [6, 6.07) is 1.35. The summed E-state index contributed by atoms with van der Waals surface area (Å²) in [7, 11) is 0. The fraction of sp³-hybridized carbons (Fsp3) is 0.545. The predicted molar refractivity (Wildman–Crippen MR) is 62.1 cm³/mol. The Morgan fingerprint density at radius 3 is 2.65 bits per heavy atom. The van der Waals surface area contributed by atoms with Crippen molar-refractivity contribution in [3.8, 4) is 0 Å². The molecule has 94 valence electrons. The average Bonchev–Trinajstić information content (AvgIpc) is 2.27. The lowest BCUT2D eigenvalue weighted by Gasteiger charge is -2.07. The van der Waals surface area contributed by atoms with Crippen molar-refractivity contribution in [3.63, 3.8) is 0 Å². The van der Waals surface area contributed by atoms with Gasteiger partial charge in [-0.05, 0) is 19.8 Å². The Morgan fingerprint density at radius 2 is 2.06 bits per heavy atom. The first-order valence-electron chi connectivity index (χ1n) is 5.58. The molecule has 1 N–H and O–H groups in total. The molecule has 0 fully saturated rings. The third kappa shape index (κ3) is 3.58. The van der Waals surface area contributed by atoms with Gasteiger partial charge < -0.3 is 9.67 Å². The number of carboxylic acid groups (broad SMARTS) is 1. The second kappa shape index (κ2) is 6.03. The Labute approximate surface area is 98.1 Å². The first-order chi connectivity index (χ1) is 8.06. The van der Waals surface area contributed by atoms with E-state index in [1.54, 1.807) is 0 Å². The summed E-state index contributed by atoms with van der Waals surface area (Å²) in [5.41, 5.74) is -0.676. The van der Waals surface area contributed by atoms with Gasteiger partial charge in [-0.3, -0.25) is 14.2 Å². The summed E-state index contributed by atoms with van der Waals surface area (Å²) in [5, 5.41) is 8.47. The van der Waals surface area contributed by atoms with Gasteiger partial charge in [0.25, 0.3) is 5.56 Å². The zero-order valence-electron chi connectivity index (χ0n) is 9.76. The van der Waals surface area contributed by atoms with Crippen LogP contribution in [0.4, 0.5) is 0 Å². The van der Waals surface area contributed by atoms with Crippen molar-refractivity contribution in [3.05, 3.63) is 33.1 Å². The maximum absolute atomic E-state index is 11.8. The van der Waals surface area contributed by atoms with Crippen LogP contribution in [0.1, 0.15) is 26.2 Å². The molecule has 0 radical (unpaired) electrons. The van der Waals surface area contributed by atoms with E-state index >= 15 is 0 Å². The van der Waals surface area contributed by atoms with Crippen LogP contribution in [0.15, 0.2) is 21.9 Å². The van der Waals surface area contributed by atoms with Crippen molar-refractivity contribution < 1.29 is 9.90 Å². The van der Waals surface area contributed by atoms with E-state index in [2.05, 4.69) is 0 Å². The quantitative estimate of drug-likeness (QED) is 0.724. The molecule has 0 atom stereocenters. The van der Waals surface area contributed by atoms with E-state index in [-0.39, 0.29) is 24.2 Å². The van der Waals surface area contributed by atoms with Crippen LogP contribution < -0.4 is 11.2 Å². The number of rotatable bonds is 6. The molecule has 0 saturated carbocycles. The average molecular weight is 240 g/mol. The zero-order valence-corrected chi connectivity index (χ0v) is 9.76. The van der Waals surface area contributed by atoms with Gasteiger partial charge in [-0.2, -0.15) is 0 Å². The minimum absolute atomic E-state index is 0.0591. The number of nitrogens with zero attached hydrogens (tertiary/aromatic N) is 2. The van der Waals surface area contributed by atoms with Crippen LogP contribution in [0.3, 0.4) is 0 Å². The zero-order chi connectivity index (χ0) is 12.8. The van der Waals surface area contributed by atoms with Crippen LogP contribution in [0, 0.1) is 0 Å². The largest absolute Gasteiger partial charge is 0.481 e. The Hall–Kier alpha value is -1.85. The van der Waals surface area contributed by atoms with Gasteiger partial charge in [0.05, 0.1) is 0 Å². The second-order valence-corrected chi connectivity index (χ2v) is 3.73. The molecule has 0 unspecified atom stereocenters. The first kappa shape index (κ1) is 13.2. The van der Waals surface area contributed by atoms with E-state index in [0.29, 0.717) is 19.4 Å². The summed E-state index contributed by atoms with van der Waals surface area (Å²) in [5.74, 6) is -0.864. The SMILES string of the molecule is CCn1ccc(=O)n(CCCCC(=O)O)c1=O. The Bertz CT molecular complexity index is 501. The van der Waals surface area contributed by atoms with Crippen molar-refractivity contribution in [2.45, 2.75) is 39.3 Å². The van der Waals surface area contributed by atoms with E-state index in [1.165, 1.54) is 16.8 Å². The van der Waals surface area contributed by atoms with Gasteiger partial charge in [0.2, 0.25) is 0 Å². The van der Waals surface area contributed by atoms with Crippen LogP contribution in [0.5, 0.6) is 0 Å². The lowest BCUT2D eigenvalue weighted by Crippen LogP contribution is -2.38. The molecule has 0 aliphatic carbocycles. The van der Waals surface area contributed by atoms with E-state index < -0.39 is 5.97 Å². The van der Waals surface area contributed by atoms with Crippen molar-refractivity contribution in [2.75, 3.05) is 0 Å². The number of hydrogen-bond acceptors (Lipinski definition) is 3. The van der Waals surface area contributed by atoms with Gasteiger partial charge in [0, 0.05) is 31.8 Å². The summed E-state index contributed by atoms with van der Waals surface area (Å²) in [4.78, 5) is 33.5. The number of carbonyl (C=O) groups is 1. The second-order valence-electron chi connectivity index (χ2n) is 3.73. The topological polar surface area (TPSA) is 81.3 Å². The van der Waals surface area contributed by atoms with E-state index in [0.717, 1.165) is 4.57 Å². The highest BCUT2D eigenvalue weighted by Gasteiger charge is 2.04. The molecular formula is C11H16N2O4. The van der Waals surface area contributed by atoms with Crippen LogP contribution >= 0.6 is 0 Å². The maximum Gasteiger partial charge on any atom is 0.330 e. The molecule has 0 aliphatic rings. The number of unbranched alkanes of at least 4 members (excludes halogenated alkanes) is 1. The number of aliphatic carboxylic acids is 1. The highest BCUT2D eigenvalue weighted by atomic mass is 16.4. The highest BCUT2D eigenvalue weighted by Crippen LogP contribution is 1.96. The van der Waals surface area contributed by atoms with Crippen molar-refractivity contribution >= 4 is 5.97 Å². The first-order valence-corrected chi connectivity index (χ1v) is 5.58. The van der Waals surface area contributed by atoms with Gasteiger partial charge in [-0.25, -0.2) is 4.79 Å². The van der Waals surface area contributed by atoms with Gasteiger partial charge in [-0.1, -0.05) is 0 Å². The molecule has 1 heterocycles. The summed E-state index contributed by atoms with van der Waals surface area (Å²) in [6.45, 7) is 2.60. The Kier molecular flexibility index (Phi) is 4.68. The maximum atomic E-state index is 11.8. The number of aryl methyl sites for hydroxylation is 1. The monoisotopic (exact) mass is 240 g/mol. The van der Waals surface area contributed by atoms with Crippen LogP contribution in [0.25, 0.3) is 0 Å². The highest BCUT2D eigenvalue weighted by molar-refractivity contribution is 5.66.